The fourth-order valence-electron chi connectivity index (χ4n) is 2.24. The van der Waals surface area contributed by atoms with E-state index in [9.17, 15) is 5.11 Å². The minimum atomic E-state index is -0.219. The first-order valence-electron chi connectivity index (χ1n) is 6.72. The molecule has 0 spiro atoms. The van der Waals surface area contributed by atoms with Crippen molar-refractivity contribution in [1.82, 2.24) is 4.90 Å². The quantitative estimate of drug-likeness (QED) is 0.894. The van der Waals surface area contributed by atoms with Crippen molar-refractivity contribution in [2.45, 2.75) is 19.4 Å². The third-order valence-electron chi connectivity index (χ3n) is 3.66. The lowest BCUT2D eigenvalue weighted by Gasteiger charge is -2.34. The number of piperidine rings is 1. The predicted molar refractivity (Wildman–Crippen MR) is 72.9 cm³/mol. The highest BCUT2D eigenvalue weighted by atomic mass is 16.5. The van der Waals surface area contributed by atoms with Crippen LogP contribution in [-0.2, 0) is 0 Å². The molecule has 4 heteroatoms. The van der Waals surface area contributed by atoms with Crippen LogP contribution in [0.4, 0.5) is 0 Å². The molecule has 0 aliphatic carbocycles. The van der Waals surface area contributed by atoms with Crippen LogP contribution in [-0.4, -0.2) is 42.4 Å². The van der Waals surface area contributed by atoms with Crippen molar-refractivity contribution in [3.05, 3.63) is 29.8 Å². The lowest BCUT2D eigenvalue weighted by Crippen LogP contribution is -2.44. The minimum absolute atomic E-state index is 0.219. The number of aliphatic hydroxyl groups is 1. The summed E-state index contributed by atoms with van der Waals surface area (Å²) in [5.74, 6) is 1.18. The second-order valence-corrected chi connectivity index (χ2v) is 5.12. The zero-order valence-corrected chi connectivity index (χ0v) is 11.2. The summed E-state index contributed by atoms with van der Waals surface area (Å²) in [5, 5.41) is 18.5. The minimum Gasteiger partial charge on any atom is -0.492 e. The molecule has 1 N–H and O–H groups in total. The van der Waals surface area contributed by atoms with E-state index in [4.69, 9.17) is 10.00 Å². The lowest BCUT2D eigenvalue weighted by molar-refractivity contribution is 0.0244. The predicted octanol–water partition coefficient (Wildman–Crippen LogP) is 1.64. The fraction of sp³-hybridized carbons (Fsp3) is 0.533. The third-order valence-corrected chi connectivity index (χ3v) is 3.66. The first-order valence-corrected chi connectivity index (χ1v) is 6.72. The van der Waals surface area contributed by atoms with Gasteiger partial charge in [-0.05, 0) is 43.1 Å². The van der Waals surface area contributed by atoms with E-state index < -0.39 is 0 Å². The van der Waals surface area contributed by atoms with E-state index in [1.54, 1.807) is 12.1 Å². The molecule has 1 aliphatic rings. The van der Waals surface area contributed by atoms with Crippen LogP contribution in [0.25, 0.3) is 0 Å². The molecule has 0 aromatic heterocycles. The average Bonchev–Trinajstić information content (AvgIpc) is 2.43. The van der Waals surface area contributed by atoms with Gasteiger partial charge in [-0.15, -0.1) is 0 Å². The van der Waals surface area contributed by atoms with Crippen molar-refractivity contribution in [2.24, 2.45) is 5.92 Å². The Morgan fingerprint density at radius 3 is 2.79 bits per heavy atom. The van der Waals surface area contributed by atoms with Crippen LogP contribution in [0.15, 0.2) is 24.3 Å². The molecule has 0 amide bonds. The molecule has 1 saturated heterocycles. The second kappa shape index (κ2) is 6.55. The molecule has 0 bridgehead atoms. The summed E-state index contributed by atoms with van der Waals surface area (Å²) in [6.07, 6.45) is 0.821. The highest BCUT2D eigenvalue weighted by Crippen LogP contribution is 2.17. The van der Waals surface area contributed by atoms with Gasteiger partial charge in [-0.1, -0.05) is 6.92 Å². The molecule has 1 aromatic rings. The zero-order chi connectivity index (χ0) is 13.7. The second-order valence-electron chi connectivity index (χ2n) is 5.12. The van der Waals surface area contributed by atoms with Gasteiger partial charge in [-0.2, -0.15) is 5.26 Å². The first-order chi connectivity index (χ1) is 9.19. The van der Waals surface area contributed by atoms with E-state index >= 15 is 0 Å². The maximum Gasteiger partial charge on any atom is 0.119 e. The van der Waals surface area contributed by atoms with Gasteiger partial charge in [-0.3, -0.25) is 4.90 Å². The molecule has 0 radical (unpaired) electrons. The Bertz CT molecular complexity index is 438. The number of ether oxygens (including phenoxy) is 1. The maximum absolute atomic E-state index is 9.81. The van der Waals surface area contributed by atoms with Crippen LogP contribution < -0.4 is 4.74 Å². The van der Waals surface area contributed by atoms with Gasteiger partial charge in [-0.25, -0.2) is 0 Å². The molecule has 102 valence electrons. The topological polar surface area (TPSA) is 56.5 Å². The standard InChI is InChI=1S/C15H20N2O2/c1-12-6-7-17(11-15(12)18)8-9-19-14-4-2-13(10-16)3-5-14/h2-5,12,15,18H,6-9,11H2,1H3. The molecular weight excluding hydrogens is 240 g/mol. The maximum atomic E-state index is 9.81. The Hall–Kier alpha value is -1.57. The molecule has 1 aliphatic heterocycles. The van der Waals surface area contributed by atoms with Gasteiger partial charge in [0.25, 0.3) is 0 Å². The van der Waals surface area contributed by atoms with Crippen LogP contribution >= 0.6 is 0 Å². The van der Waals surface area contributed by atoms with Gasteiger partial charge >= 0.3 is 0 Å². The summed E-state index contributed by atoms with van der Waals surface area (Å²) >= 11 is 0. The molecule has 2 unspecified atom stereocenters. The van der Waals surface area contributed by atoms with E-state index in [1.165, 1.54) is 0 Å². The number of hydrogen-bond acceptors (Lipinski definition) is 4. The largest absolute Gasteiger partial charge is 0.492 e. The van der Waals surface area contributed by atoms with E-state index in [0.717, 1.165) is 31.8 Å². The fourth-order valence-corrected chi connectivity index (χ4v) is 2.24. The number of nitriles is 1. The number of β-amino-alcohol motifs (C(OH)–C–C–N with tert-alkyl or cyclic N) is 1. The Balaban J connectivity index is 1.73. The highest BCUT2D eigenvalue weighted by Gasteiger charge is 2.23. The number of benzene rings is 1. The molecular formula is C15H20N2O2. The third kappa shape index (κ3) is 3.95. The number of aliphatic hydroxyl groups excluding tert-OH is 1. The van der Waals surface area contributed by atoms with Gasteiger partial charge in [0.05, 0.1) is 17.7 Å². The van der Waals surface area contributed by atoms with E-state index in [1.807, 2.05) is 12.1 Å². The normalized spacial score (nSPS) is 23.8. The first kappa shape index (κ1) is 13.9. The Morgan fingerprint density at radius 2 is 2.16 bits per heavy atom. The number of rotatable bonds is 4. The number of hydrogen-bond donors (Lipinski definition) is 1. The van der Waals surface area contributed by atoms with Gasteiger partial charge in [0, 0.05) is 13.1 Å². The van der Waals surface area contributed by atoms with Crippen LogP contribution in [0.5, 0.6) is 5.75 Å². The van der Waals surface area contributed by atoms with Crippen molar-refractivity contribution >= 4 is 0 Å². The summed E-state index contributed by atoms with van der Waals surface area (Å²) in [6.45, 7) is 5.28. The Kier molecular flexibility index (Phi) is 4.78. The smallest absolute Gasteiger partial charge is 0.119 e. The zero-order valence-electron chi connectivity index (χ0n) is 11.2. The van der Waals surface area contributed by atoms with Gasteiger partial charge < -0.3 is 9.84 Å². The summed E-state index contributed by atoms with van der Waals surface area (Å²) < 4.78 is 5.64. The summed E-state index contributed by atoms with van der Waals surface area (Å²) in [4.78, 5) is 2.23. The monoisotopic (exact) mass is 260 g/mol. The summed E-state index contributed by atoms with van der Waals surface area (Å²) in [5.41, 5.74) is 0.639. The molecule has 2 atom stereocenters. The molecule has 1 aromatic carbocycles. The van der Waals surface area contributed by atoms with Crippen molar-refractivity contribution in [2.75, 3.05) is 26.2 Å². The highest BCUT2D eigenvalue weighted by molar-refractivity contribution is 5.34. The van der Waals surface area contributed by atoms with E-state index in [0.29, 0.717) is 18.1 Å². The molecule has 19 heavy (non-hydrogen) atoms. The number of nitrogens with zero attached hydrogens (tertiary/aromatic N) is 2. The van der Waals surface area contributed by atoms with Crippen LogP contribution in [0.3, 0.4) is 0 Å². The molecule has 4 nitrogen and oxygen atoms in total. The Labute approximate surface area is 114 Å². The van der Waals surface area contributed by atoms with Crippen LogP contribution in [0.2, 0.25) is 0 Å². The average molecular weight is 260 g/mol. The van der Waals surface area contributed by atoms with Crippen LogP contribution in [0, 0.1) is 17.2 Å². The molecule has 1 heterocycles. The molecule has 0 saturated carbocycles. The van der Waals surface area contributed by atoms with Crippen molar-refractivity contribution in [1.29, 1.82) is 5.26 Å². The molecule has 2 rings (SSSR count). The van der Waals surface area contributed by atoms with Gasteiger partial charge in [0.2, 0.25) is 0 Å². The van der Waals surface area contributed by atoms with Crippen molar-refractivity contribution in [3.8, 4) is 11.8 Å². The van der Waals surface area contributed by atoms with Crippen molar-refractivity contribution < 1.29 is 9.84 Å². The lowest BCUT2D eigenvalue weighted by atomic mass is 9.96. The SMILES string of the molecule is CC1CCN(CCOc2ccc(C#N)cc2)CC1O. The molecule has 1 fully saturated rings. The number of likely N-dealkylation sites (tertiary alicyclic amines) is 1. The summed E-state index contributed by atoms with van der Waals surface area (Å²) in [6, 6.07) is 9.21. The van der Waals surface area contributed by atoms with Crippen molar-refractivity contribution in [3.63, 3.8) is 0 Å². The van der Waals surface area contributed by atoms with E-state index in [2.05, 4.69) is 17.9 Å². The van der Waals surface area contributed by atoms with E-state index in [-0.39, 0.29) is 6.10 Å². The van der Waals surface area contributed by atoms with Gasteiger partial charge in [0.1, 0.15) is 12.4 Å². The van der Waals surface area contributed by atoms with Gasteiger partial charge in [0.15, 0.2) is 0 Å². The van der Waals surface area contributed by atoms with Crippen LogP contribution in [0.1, 0.15) is 18.9 Å². The summed E-state index contributed by atoms with van der Waals surface area (Å²) in [7, 11) is 0. The Morgan fingerprint density at radius 1 is 1.42 bits per heavy atom.